The molecule has 17 heavy (non-hydrogen) atoms. The van der Waals surface area contributed by atoms with Crippen molar-refractivity contribution in [3.63, 3.8) is 0 Å². The molecule has 0 amide bonds. The molecule has 0 rings (SSSR count). The Kier molecular flexibility index (Phi) is 8.17. The molecular weight excluding hydrogens is 218 g/mol. The van der Waals surface area contributed by atoms with Crippen LogP contribution in [0.1, 0.15) is 39.5 Å². The number of rotatable bonds is 9. The van der Waals surface area contributed by atoms with Crippen molar-refractivity contribution in [3.8, 4) is 0 Å². The molecule has 1 N–H and O–H groups in total. The Hall–Kier alpha value is -0.610. The molecule has 0 radical (unpaired) electrons. The van der Waals surface area contributed by atoms with Crippen molar-refractivity contribution in [3.05, 3.63) is 0 Å². The highest BCUT2D eigenvalue weighted by atomic mass is 16.5. The minimum Gasteiger partial charge on any atom is -0.459 e. The van der Waals surface area contributed by atoms with Crippen molar-refractivity contribution in [2.45, 2.75) is 45.6 Å². The van der Waals surface area contributed by atoms with Gasteiger partial charge in [-0.3, -0.25) is 0 Å². The number of carbonyl (C=O) groups excluding carboxylic acids is 1. The lowest BCUT2D eigenvalue weighted by Gasteiger charge is -2.28. The molecule has 0 bridgehead atoms. The van der Waals surface area contributed by atoms with E-state index in [2.05, 4.69) is 6.92 Å². The molecule has 0 spiro atoms. The Morgan fingerprint density at radius 1 is 1.29 bits per heavy atom. The van der Waals surface area contributed by atoms with E-state index in [1.165, 1.54) is 19.3 Å². The maximum absolute atomic E-state index is 11.5. The van der Waals surface area contributed by atoms with Gasteiger partial charge in [-0.25, -0.2) is 4.79 Å². The second kappa shape index (κ2) is 8.48. The summed E-state index contributed by atoms with van der Waals surface area (Å²) >= 11 is 0. The molecule has 4 nitrogen and oxygen atoms in total. The number of likely N-dealkylation sites (N-methyl/N-ethyl adjacent to an activating group) is 1. The summed E-state index contributed by atoms with van der Waals surface area (Å²) in [5.41, 5.74) is 0. The van der Waals surface area contributed by atoms with Gasteiger partial charge in [-0.2, -0.15) is 0 Å². The van der Waals surface area contributed by atoms with Crippen LogP contribution in [-0.2, 0) is 9.53 Å². The first-order valence-corrected chi connectivity index (χ1v) is 6.53. The first-order valence-electron chi connectivity index (χ1n) is 6.53. The quantitative estimate of drug-likeness (QED) is 0.381. The fourth-order valence-corrected chi connectivity index (χ4v) is 1.65. The minimum atomic E-state index is -0.584. The third kappa shape index (κ3) is 10.3. The Bertz CT molecular complexity index is 215. The molecule has 4 heteroatoms. The zero-order valence-corrected chi connectivity index (χ0v) is 11.7. The van der Waals surface area contributed by atoms with Gasteiger partial charge in [-0.15, -0.1) is 0 Å². The number of ether oxygens (including phenoxy) is 1. The van der Waals surface area contributed by atoms with Gasteiger partial charge in [0.1, 0.15) is 6.61 Å². The second-order valence-corrected chi connectivity index (χ2v) is 5.41. The number of quaternary nitrogens is 1. The Balaban J connectivity index is 3.78. The molecule has 0 saturated carbocycles. The van der Waals surface area contributed by atoms with Crippen LogP contribution in [0.15, 0.2) is 0 Å². The van der Waals surface area contributed by atoms with E-state index >= 15 is 0 Å². The number of hydrogen-bond donors (Lipinski definition) is 1. The number of nitrogens with zero attached hydrogens (tertiary/aromatic N) is 1. The predicted molar refractivity (Wildman–Crippen MR) is 68.6 cm³/mol. The van der Waals surface area contributed by atoms with Gasteiger partial charge in [0.05, 0.1) is 26.7 Å². The molecule has 0 aliphatic rings. The summed E-state index contributed by atoms with van der Waals surface area (Å²) in [7, 11) is 4.07. The van der Waals surface area contributed by atoms with Crippen LogP contribution in [0.4, 0.5) is 0 Å². The molecule has 0 fully saturated rings. The van der Waals surface area contributed by atoms with Gasteiger partial charge >= 0.3 is 5.97 Å². The second-order valence-electron chi connectivity index (χ2n) is 5.41. The fraction of sp³-hybridized carbons (Fsp3) is 0.923. The van der Waals surface area contributed by atoms with Crippen LogP contribution < -0.4 is 0 Å². The summed E-state index contributed by atoms with van der Waals surface area (Å²) in [6.07, 6.45) is 4.26. The monoisotopic (exact) mass is 246 g/mol. The van der Waals surface area contributed by atoms with E-state index < -0.39 is 6.10 Å². The van der Waals surface area contributed by atoms with Crippen molar-refractivity contribution in [1.29, 1.82) is 0 Å². The van der Waals surface area contributed by atoms with Crippen LogP contribution >= 0.6 is 0 Å². The molecular formula is C13H28NO3+. The van der Waals surface area contributed by atoms with Crippen LogP contribution in [0.5, 0.6) is 0 Å². The third-order valence-electron chi connectivity index (χ3n) is 2.66. The summed E-state index contributed by atoms with van der Waals surface area (Å²) in [5, 5.41) is 9.02. The predicted octanol–water partition coefficient (Wildman–Crippen LogP) is 1.57. The van der Waals surface area contributed by atoms with Gasteiger partial charge in [0.2, 0.25) is 0 Å². The molecule has 0 aromatic rings. The fourth-order valence-electron chi connectivity index (χ4n) is 1.65. The summed E-state index contributed by atoms with van der Waals surface area (Å²) in [5.74, 6) is -0.230. The minimum absolute atomic E-state index is 0.0919. The normalized spacial score (nSPS) is 13.5. The van der Waals surface area contributed by atoms with E-state index in [-0.39, 0.29) is 12.6 Å². The smallest absolute Gasteiger partial charge is 0.361 e. The topological polar surface area (TPSA) is 46.5 Å². The number of carbonyl (C=O) groups is 1. The summed E-state index contributed by atoms with van der Waals surface area (Å²) < 4.78 is 5.62. The molecule has 102 valence electrons. The first kappa shape index (κ1) is 16.4. The molecule has 0 heterocycles. The number of aliphatic hydroxyl groups is 1. The molecule has 0 saturated heterocycles. The van der Waals surface area contributed by atoms with Gasteiger partial charge in [-0.1, -0.05) is 19.8 Å². The third-order valence-corrected chi connectivity index (χ3v) is 2.66. The van der Waals surface area contributed by atoms with E-state index in [0.29, 0.717) is 11.0 Å². The van der Waals surface area contributed by atoms with Crippen LogP contribution in [0.2, 0.25) is 0 Å². The van der Waals surface area contributed by atoms with Crippen molar-refractivity contribution in [2.75, 3.05) is 33.8 Å². The van der Waals surface area contributed by atoms with Crippen molar-refractivity contribution in [1.82, 2.24) is 0 Å². The van der Waals surface area contributed by atoms with E-state index in [4.69, 9.17) is 9.84 Å². The molecule has 1 unspecified atom stereocenters. The summed E-state index contributed by atoms with van der Waals surface area (Å²) in [6, 6.07) is 0. The van der Waals surface area contributed by atoms with Gasteiger partial charge in [0.25, 0.3) is 0 Å². The standard InChI is InChI=1S/C13H28NO3/c1-5-6-7-8-9-14(3,4)10-13(16)17-11-12(2)15/h12,15H,5-11H2,1-4H3/q+1. The number of unbranched alkanes of at least 4 members (excludes halogenated alkanes) is 3. The Morgan fingerprint density at radius 3 is 2.47 bits per heavy atom. The SMILES string of the molecule is CCCCCC[N+](C)(C)CC(=O)OCC(C)O. The lowest BCUT2D eigenvalue weighted by molar-refractivity contribution is -0.883. The van der Waals surface area contributed by atoms with Crippen LogP contribution in [-0.4, -0.2) is 55.5 Å². The molecule has 0 aromatic heterocycles. The number of hydrogen-bond acceptors (Lipinski definition) is 3. The van der Waals surface area contributed by atoms with Gasteiger partial charge in [0.15, 0.2) is 6.54 Å². The molecule has 1 atom stereocenters. The van der Waals surface area contributed by atoms with E-state index in [1.807, 2.05) is 14.1 Å². The summed E-state index contributed by atoms with van der Waals surface area (Å²) in [4.78, 5) is 11.5. The van der Waals surface area contributed by atoms with Crippen LogP contribution in [0.3, 0.4) is 0 Å². The average Bonchev–Trinajstić information content (AvgIpc) is 2.21. The maximum atomic E-state index is 11.5. The first-order chi connectivity index (χ1) is 7.87. The highest BCUT2D eigenvalue weighted by Gasteiger charge is 2.20. The lowest BCUT2D eigenvalue weighted by Crippen LogP contribution is -2.45. The van der Waals surface area contributed by atoms with Gasteiger partial charge in [-0.05, 0) is 19.8 Å². The van der Waals surface area contributed by atoms with Gasteiger partial charge in [0, 0.05) is 0 Å². The lowest BCUT2D eigenvalue weighted by atomic mass is 10.2. The van der Waals surface area contributed by atoms with E-state index in [0.717, 1.165) is 13.0 Å². The average molecular weight is 246 g/mol. The van der Waals surface area contributed by atoms with E-state index in [9.17, 15) is 4.79 Å². The Labute approximate surface area is 105 Å². The highest BCUT2D eigenvalue weighted by molar-refractivity contribution is 5.70. The largest absolute Gasteiger partial charge is 0.459 e. The van der Waals surface area contributed by atoms with Crippen LogP contribution in [0.25, 0.3) is 0 Å². The van der Waals surface area contributed by atoms with Crippen molar-refractivity contribution in [2.24, 2.45) is 0 Å². The Morgan fingerprint density at radius 2 is 1.94 bits per heavy atom. The van der Waals surface area contributed by atoms with Crippen molar-refractivity contribution >= 4 is 5.97 Å². The zero-order valence-electron chi connectivity index (χ0n) is 11.7. The molecule has 0 aromatic carbocycles. The maximum Gasteiger partial charge on any atom is 0.361 e. The molecule has 0 aliphatic carbocycles. The highest BCUT2D eigenvalue weighted by Crippen LogP contribution is 2.05. The van der Waals surface area contributed by atoms with Crippen LogP contribution in [0, 0.1) is 0 Å². The zero-order chi connectivity index (χ0) is 13.3. The summed E-state index contributed by atoms with van der Waals surface area (Å²) in [6.45, 7) is 5.25. The molecule has 0 aliphatic heterocycles. The number of esters is 1. The van der Waals surface area contributed by atoms with Gasteiger partial charge < -0.3 is 14.3 Å². The van der Waals surface area contributed by atoms with Crippen molar-refractivity contribution < 1.29 is 19.1 Å². The van der Waals surface area contributed by atoms with E-state index in [1.54, 1.807) is 6.92 Å². The number of aliphatic hydroxyl groups excluding tert-OH is 1.